The SMILES string of the molecule is Cc1ccncc1N1CC(=O)Nc2ccccc21. The van der Waals surface area contributed by atoms with E-state index in [1.807, 2.05) is 42.2 Å². The molecule has 3 rings (SSSR count). The average molecular weight is 239 g/mol. The first-order valence-corrected chi connectivity index (χ1v) is 5.83. The van der Waals surface area contributed by atoms with Crippen LogP contribution in [0.1, 0.15) is 5.56 Å². The third kappa shape index (κ3) is 1.72. The molecule has 0 saturated carbocycles. The van der Waals surface area contributed by atoms with Gasteiger partial charge in [0, 0.05) is 6.20 Å². The van der Waals surface area contributed by atoms with Gasteiger partial charge in [0.05, 0.1) is 23.3 Å². The Hall–Kier alpha value is -2.36. The normalized spacial score (nSPS) is 14.1. The summed E-state index contributed by atoms with van der Waals surface area (Å²) in [5.74, 6) is -0.00282. The minimum atomic E-state index is -0.00282. The summed E-state index contributed by atoms with van der Waals surface area (Å²) >= 11 is 0. The molecule has 1 aliphatic rings. The summed E-state index contributed by atoms with van der Waals surface area (Å²) in [6.07, 6.45) is 3.56. The molecule has 0 bridgehead atoms. The van der Waals surface area contributed by atoms with Crippen molar-refractivity contribution in [1.29, 1.82) is 0 Å². The fraction of sp³-hybridized carbons (Fsp3) is 0.143. The molecule has 0 unspecified atom stereocenters. The highest BCUT2D eigenvalue weighted by Crippen LogP contribution is 2.35. The van der Waals surface area contributed by atoms with Crippen LogP contribution in [0.3, 0.4) is 0 Å². The van der Waals surface area contributed by atoms with E-state index in [-0.39, 0.29) is 5.91 Å². The zero-order chi connectivity index (χ0) is 12.5. The number of rotatable bonds is 1. The maximum Gasteiger partial charge on any atom is 0.244 e. The van der Waals surface area contributed by atoms with Crippen molar-refractivity contribution >= 4 is 23.0 Å². The molecule has 4 nitrogen and oxygen atoms in total. The van der Waals surface area contributed by atoms with Crippen LogP contribution in [0.15, 0.2) is 42.7 Å². The number of carbonyl (C=O) groups excluding carboxylic acids is 1. The van der Waals surface area contributed by atoms with Crippen LogP contribution in [0.4, 0.5) is 17.1 Å². The number of amides is 1. The number of aryl methyl sites for hydroxylation is 1. The third-order valence-corrected chi connectivity index (χ3v) is 3.07. The van der Waals surface area contributed by atoms with Crippen LogP contribution in [-0.2, 0) is 4.79 Å². The number of benzene rings is 1. The number of carbonyl (C=O) groups is 1. The van der Waals surface area contributed by atoms with Gasteiger partial charge < -0.3 is 10.2 Å². The van der Waals surface area contributed by atoms with Crippen LogP contribution in [-0.4, -0.2) is 17.4 Å². The zero-order valence-electron chi connectivity index (χ0n) is 10.1. The monoisotopic (exact) mass is 239 g/mol. The van der Waals surface area contributed by atoms with Gasteiger partial charge in [-0.1, -0.05) is 12.1 Å². The molecule has 0 aliphatic carbocycles. The van der Waals surface area contributed by atoms with Crippen LogP contribution in [0.2, 0.25) is 0 Å². The van der Waals surface area contributed by atoms with Gasteiger partial charge in [0.1, 0.15) is 6.54 Å². The topological polar surface area (TPSA) is 45.2 Å². The molecule has 0 saturated heterocycles. The van der Waals surface area contributed by atoms with Gasteiger partial charge in [-0.25, -0.2) is 0 Å². The maximum absolute atomic E-state index is 11.7. The average Bonchev–Trinajstić information content (AvgIpc) is 2.38. The molecule has 0 fully saturated rings. The Balaban J connectivity index is 2.13. The van der Waals surface area contributed by atoms with Gasteiger partial charge >= 0.3 is 0 Å². The second-order valence-electron chi connectivity index (χ2n) is 4.31. The summed E-state index contributed by atoms with van der Waals surface area (Å²) in [6.45, 7) is 2.34. The van der Waals surface area contributed by atoms with Crippen molar-refractivity contribution < 1.29 is 4.79 Å². The summed E-state index contributed by atoms with van der Waals surface area (Å²) in [6, 6.07) is 9.74. The Kier molecular flexibility index (Phi) is 2.48. The molecule has 0 radical (unpaired) electrons. The van der Waals surface area contributed by atoms with E-state index in [1.165, 1.54) is 0 Å². The van der Waals surface area contributed by atoms with E-state index in [0.29, 0.717) is 6.54 Å². The molecule has 18 heavy (non-hydrogen) atoms. The number of hydrogen-bond acceptors (Lipinski definition) is 3. The van der Waals surface area contributed by atoms with Crippen LogP contribution < -0.4 is 10.2 Å². The van der Waals surface area contributed by atoms with Crippen molar-refractivity contribution in [2.75, 3.05) is 16.8 Å². The van der Waals surface area contributed by atoms with Gasteiger partial charge in [0.15, 0.2) is 0 Å². The molecule has 1 aromatic carbocycles. The van der Waals surface area contributed by atoms with Crippen molar-refractivity contribution in [3.05, 3.63) is 48.3 Å². The Labute approximate surface area is 105 Å². The molecule has 2 heterocycles. The second-order valence-corrected chi connectivity index (χ2v) is 4.31. The van der Waals surface area contributed by atoms with Crippen LogP contribution in [0.5, 0.6) is 0 Å². The summed E-state index contributed by atoms with van der Waals surface area (Å²) in [5, 5.41) is 2.88. The van der Waals surface area contributed by atoms with E-state index in [9.17, 15) is 4.79 Å². The van der Waals surface area contributed by atoms with Gasteiger partial charge in [-0.15, -0.1) is 0 Å². The Morgan fingerprint density at radius 3 is 2.89 bits per heavy atom. The van der Waals surface area contributed by atoms with Gasteiger partial charge in [0.25, 0.3) is 0 Å². The number of nitrogens with one attached hydrogen (secondary N) is 1. The lowest BCUT2D eigenvalue weighted by Gasteiger charge is -2.31. The van der Waals surface area contributed by atoms with Crippen molar-refractivity contribution in [3.63, 3.8) is 0 Å². The lowest BCUT2D eigenvalue weighted by atomic mass is 10.1. The molecule has 4 heteroatoms. The van der Waals surface area contributed by atoms with Gasteiger partial charge in [0.2, 0.25) is 5.91 Å². The number of para-hydroxylation sites is 2. The molecular weight excluding hydrogens is 226 g/mol. The van der Waals surface area contributed by atoms with E-state index in [4.69, 9.17) is 0 Å². The first-order valence-electron chi connectivity index (χ1n) is 5.83. The number of nitrogens with zero attached hydrogens (tertiary/aromatic N) is 2. The predicted octanol–water partition coefficient (Wildman–Crippen LogP) is 2.48. The third-order valence-electron chi connectivity index (χ3n) is 3.07. The highest BCUT2D eigenvalue weighted by molar-refractivity contribution is 6.03. The number of pyridine rings is 1. The number of anilines is 3. The first-order chi connectivity index (χ1) is 8.75. The lowest BCUT2D eigenvalue weighted by Crippen LogP contribution is -2.35. The summed E-state index contributed by atoms with van der Waals surface area (Å²) in [4.78, 5) is 17.9. The summed E-state index contributed by atoms with van der Waals surface area (Å²) in [7, 11) is 0. The fourth-order valence-electron chi connectivity index (χ4n) is 2.19. The van der Waals surface area contributed by atoms with Crippen molar-refractivity contribution in [3.8, 4) is 0 Å². The van der Waals surface area contributed by atoms with Crippen LogP contribution in [0.25, 0.3) is 0 Å². The van der Waals surface area contributed by atoms with Crippen molar-refractivity contribution in [2.45, 2.75) is 6.92 Å². The van der Waals surface area contributed by atoms with E-state index in [1.54, 1.807) is 12.4 Å². The number of aromatic nitrogens is 1. The zero-order valence-corrected chi connectivity index (χ0v) is 10.1. The summed E-state index contributed by atoms with van der Waals surface area (Å²) in [5.41, 5.74) is 3.93. The Morgan fingerprint density at radius 1 is 1.22 bits per heavy atom. The molecule has 2 aromatic rings. The smallest absolute Gasteiger partial charge is 0.244 e. The predicted molar refractivity (Wildman–Crippen MR) is 71.1 cm³/mol. The highest BCUT2D eigenvalue weighted by Gasteiger charge is 2.23. The Morgan fingerprint density at radius 2 is 2.06 bits per heavy atom. The first kappa shape index (κ1) is 10.8. The minimum absolute atomic E-state index is 0.00282. The molecule has 0 atom stereocenters. The maximum atomic E-state index is 11.7. The van der Waals surface area contributed by atoms with E-state index in [0.717, 1.165) is 22.6 Å². The molecule has 1 aromatic heterocycles. The van der Waals surface area contributed by atoms with Crippen LogP contribution >= 0.6 is 0 Å². The molecule has 1 N–H and O–H groups in total. The fourth-order valence-corrected chi connectivity index (χ4v) is 2.19. The van der Waals surface area contributed by atoms with Gasteiger partial charge in [-0.05, 0) is 30.7 Å². The Bertz CT molecular complexity index is 609. The van der Waals surface area contributed by atoms with E-state index in [2.05, 4.69) is 10.3 Å². The molecule has 1 amide bonds. The molecule has 0 spiro atoms. The number of hydrogen-bond donors (Lipinski definition) is 1. The van der Waals surface area contributed by atoms with Gasteiger partial charge in [-0.2, -0.15) is 0 Å². The second kappa shape index (κ2) is 4.14. The molecular formula is C14H13N3O. The lowest BCUT2D eigenvalue weighted by molar-refractivity contribution is -0.115. The van der Waals surface area contributed by atoms with Crippen LogP contribution in [0, 0.1) is 6.92 Å². The van der Waals surface area contributed by atoms with E-state index < -0.39 is 0 Å². The number of fused-ring (bicyclic) bond motifs is 1. The highest BCUT2D eigenvalue weighted by atomic mass is 16.2. The largest absolute Gasteiger partial charge is 0.329 e. The standard InChI is InChI=1S/C14H13N3O/c1-10-6-7-15-8-13(10)17-9-14(18)16-11-4-2-3-5-12(11)17/h2-8H,9H2,1H3,(H,16,18). The molecule has 1 aliphatic heterocycles. The minimum Gasteiger partial charge on any atom is -0.329 e. The van der Waals surface area contributed by atoms with E-state index >= 15 is 0 Å². The molecule has 90 valence electrons. The van der Waals surface area contributed by atoms with Crippen molar-refractivity contribution in [1.82, 2.24) is 4.98 Å². The van der Waals surface area contributed by atoms with Gasteiger partial charge in [-0.3, -0.25) is 9.78 Å². The summed E-state index contributed by atoms with van der Waals surface area (Å²) < 4.78 is 0. The quantitative estimate of drug-likeness (QED) is 0.831. The van der Waals surface area contributed by atoms with Crippen molar-refractivity contribution in [2.24, 2.45) is 0 Å².